The first-order valence-corrected chi connectivity index (χ1v) is 5.78. The maximum absolute atomic E-state index is 11.0. The largest absolute Gasteiger partial charge is 0.478 e. The van der Waals surface area contributed by atoms with Crippen molar-refractivity contribution in [1.29, 1.82) is 0 Å². The van der Waals surface area contributed by atoms with E-state index in [1.807, 2.05) is 31.3 Å². The van der Waals surface area contributed by atoms with Crippen LogP contribution in [0.2, 0.25) is 0 Å². The zero-order chi connectivity index (χ0) is 13.4. The van der Waals surface area contributed by atoms with E-state index in [9.17, 15) is 4.79 Å². The number of aryl methyl sites for hydroxylation is 1. The van der Waals surface area contributed by atoms with Crippen LogP contribution in [-0.4, -0.2) is 26.1 Å². The van der Waals surface area contributed by atoms with Gasteiger partial charge in [-0.2, -0.15) is 0 Å². The molecule has 94 valence electrons. The molecule has 1 aromatic heterocycles. The standard InChI is InChI=1S/C14H11N3O2/c1-17-13-8-10(5-6-12(13)15-16-17)9-3-2-4-11(7-9)14(18)19/h2-8H,1H3,(H,18,19). The Balaban J connectivity index is 2.15. The normalized spacial score (nSPS) is 10.8. The van der Waals surface area contributed by atoms with Crippen LogP contribution in [-0.2, 0) is 7.05 Å². The molecule has 0 aliphatic rings. The molecule has 0 bridgehead atoms. The van der Waals surface area contributed by atoms with Gasteiger partial charge in [0.1, 0.15) is 5.52 Å². The molecule has 3 aromatic rings. The summed E-state index contributed by atoms with van der Waals surface area (Å²) in [6, 6.07) is 12.6. The van der Waals surface area contributed by atoms with Crippen molar-refractivity contribution in [2.75, 3.05) is 0 Å². The third kappa shape index (κ3) is 1.95. The molecule has 19 heavy (non-hydrogen) atoms. The molecule has 0 atom stereocenters. The molecule has 0 amide bonds. The van der Waals surface area contributed by atoms with Crippen molar-refractivity contribution >= 4 is 17.0 Å². The summed E-state index contributed by atoms with van der Waals surface area (Å²) >= 11 is 0. The van der Waals surface area contributed by atoms with Crippen LogP contribution >= 0.6 is 0 Å². The van der Waals surface area contributed by atoms with Crippen LogP contribution in [0.3, 0.4) is 0 Å². The fraction of sp³-hybridized carbons (Fsp3) is 0.0714. The summed E-state index contributed by atoms with van der Waals surface area (Å²) in [6.07, 6.45) is 0. The maximum atomic E-state index is 11.0. The summed E-state index contributed by atoms with van der Waals surface area (Å²) < 4.78 is 1.69. The zero-order valence-electron chi connectivity index (χ0n) is 10.2. The van der Waals surface area contributed by atoms with Gasteiger partial charge in [0, 0.05) is 7.05 Å². The van der Waals surface area contributed by atoms with Gasteiger partial charge in [0.15, 0.2) is 0 Å². The molecule has 0 saturated carbocycles. The van der Waals surface area contributed by atoms with Gasteiger partial charge in [0.05, 0.1) is 11.1 Å². The van der Waals surface area contributed by atoms with E-state index < -0.39 is 5.97 Å². The summed E-state index contributed by atoms with van der Waals surface area (Å²) in [7, 11) is 1.83. The van der Waals surface area contributed by atoms with Crippen molar-refractivity contribution in [3.63, 3.8) is 0 Å². The monoisotopic (exact) mass is 253 g/mol. The Hall–Kier alpha value is -2.69. The van der Waals surface area contributed by atoms with Crippen molar-refractivity contribution in [2.24, 2.45) is 7.05 Å². The highest BCUT2D eigenvalue weighted by Gasteiger charge is 2.07. The molecule has 5 heteroatoms. The van der Waals surface area contributed by atoms with Gasteiger partial charge in [-0.3, -0.25) is 0 Å². The van der Waals surface area contributed by atoms with Gasteiger partial charge in [-0.1, -0.05) is 23.4 Å². The van der Waals surface area contributed by atoms with Gasteiger partial charge in [0.25, 0.3) is 0 Å². The predicted octanol–water partition coefficient (Wildman–Crippen LogP) is 2.33. The maximum Gasteiger partial charge on any atom is 0.335 e. The lowest BCUT2D eigenvalue weighted by atomic mass is 10.0. The number of nitrogens with zero attached hydrogens (tertiary/aromatic N) is 3. The number of carboxylic acid groups (broad SMARTS) is 1. The van der Waals surface area contributed by atoms with E-state index in [1.54, 1.807) is 22.9 Å². The summed E-state index contributed by atoms with van der Waals surface area (Å²) in [5.74, 6) is -0.926. The molecule has 3 rings (SSSR count). The van der Waals surface area contributed by atoms with Crippen molar-refractivity contribution in [2.45, 2.75) is 0 Å². The van der Waals surface area contributed by atoms with Crippen LogP contribution < -0.4 is 0 Å². The smallest absolute Gasteiger partial charge is 0.335 e. The Bertz CT molecular complexity index is 777. The van der Waals surface area contributed by atoms with Crippen LogP contribution in [0, 0.1) is 0 Å². The lowest BCUT2D eigenvalue weighted by molar-refractivity contribution is 0.0697. The van der Waals surface area contributed by atoms with Gasteiger partial charge >= 0.3 is 5.97 Å². The number of fused-ring (bicyclic) bond motifs is 1. The Morgan fingerprint density at radius 2 is 1.95 bits per heavy atom. The van der Waals surface area contributed by atoms with E-state index in [4.69, 9.17) is 5.11 Å². The highest BCUT2D eigenvalue weighted by Crippen LogP contribution is 2.24. The number of rotatable bonds is 2. The fourth-order valence-electron chi connectivity index (χ4n) is 2.04. The predicted molar refractivity (Wildman–Crippen MR) is 70.9 cm³/mol. The summed E-state index contributed by atoms with van der Waals surface area (Å²) in [6.45, 7) is 0. The first-order chi connectivity index (χ1) is 9.15. The Kier molecular flexibility index (Phi) is 2.52. The lowest BCUT2D eigenvalue weighted by Gasteiger charge is -2.03. The molecular formula is C14H11N3O2. The Morgan fingerprint density at radius 3 is 2.74 bits per heavy atom. The second-order valence-electron chi connectivity index (χ2n) is 4.30. The molecule has 1 heterocycles. The zero-order valence-corrected chi connectivity index (χ0v) is 10.2. The number of hydrogen-bond donors (Lipinski definition) is 1. The molecule has 2 aromatic carbocycles. The molecule has 5 nitrogen and oxygen atoms in total. The number of benzene rings is 2. The van der Waals surface area contributed by atoms with E-state index in [0.29, 0.717) is 0 Å². The van der Waals surface area contributed by atoms with Gasteiger partial charge < -0.3 is 5.11 Å². The van der Waals surface area contributed by atoms with Crippen molar-refractivity contribution in [3.8, 4) is 11.1 Å². The molecular weight excluding hydrogens is 242 g/mol. The quantitative estimate of drug-likeness (QED) is 0.761. The van der Waals surface area contributed by atoms with E-state index in [2.05, 4.69) is 10.3 Å². The number of carboxylic acids is 1. The molecule has 0 unspecified atom stereocenters. The Morgan fingerprint density at radius 1 is 1.16 bits per heavy atom. The molecule has 0 saturated heterocycles. The fourth-order valence-corrected chi connectivity index (χ4v) is 2.04. The molecule has 0 spiro atoms. The van der Waals surface area contributed by atoms with Crippen LogP contribution in [0.4, 0.5) is 0 Å². The molecule has 0 fully saturated rings. The van der Waals surface area contributed by atoms with Crippen LogP contribution in [0.15, 0.2) is 42.5 Å². The van der Waals surface area contributed by atoms with E-state index >= 15 is 0 Å². The molecule has 0 radical (unpaired) electrons. The number of hydrogen-bond acceptors (Lipinski definition) is 3. The van der Waals surface area contributed by atoms with Crippen molar-refractivity contribution in [1.82, 2.24) is 15.0 Å². The van der Waals surface area contributed by atoms with Gasteiger partial charge in [0.2, 0.25) is 0 Å². The summed E-state index contributed by atoms with van der Waals surface area (Å²) in [5.41, 5.74) is 3.82. The molecule has 0 aliphatic carbocycles. The summed E-state index contributed by atoms with van der Waals surface area (Å²) in [4.78, 5) is 11.0. The third-order valence-corrected chi connectivity index (χ3v) is 3.05. The minimum atomic E-state index is -0.926. The van der Waals surface area contributed by atoms with Gasteiger partial charge in [-0.15, -0.1) is 5.10 Å². The SMILES string of the molecule is Cn1nnc2ccc(-c3cccc(C(=O)O)c3)cc21. The minimum Gasteiger partial charge on any atom is -0.478 e. The second-order valence-corrected chi connectivity index (χ2v) is 4.30. The highest BCUT2D eigenvalue weighted by molar-refractivity contribution is 5.90. The van der Waals surface area contributed by atoms with E-state index in [0.717, 1.165) is 22.2 Å². The average molecular weight is 253 g/mol. The van der Waals surface area contributed by atoms with Crippen molar-refractivity contribution in [3.05, 3.63) is 48.0 Å². The molecule has 1 N–H and O–H groups in total. The first-order valence-electron chi connectivity index (χ1n) is 5.78. The Labute approximate surface area is 109 Å². The highest BCUT2D eigenvalue weighted by atomic mass is 16.4. The van der Waals surface area contributed by atoms with Gasteiger partial charge in [-0.05, 0) is 35.4 Å². The van der Waals surface area contributed by atoms with Crippen LogP contribution in [0.1, 0.15) is 10.4 Å². The summed E-state index contributed by atoms with van der Waals surface area (Å²) in [5, 5.41) is 17.0. The molecule has 0 aliphatic heterocycles. The number of aromatic carboxylic acids is 1. The van der Waals surface area contributed by atoms with E-state index in [-0.39, 0.29) is 5.56 Å². The van der Waals surface area contributed by atoms with Crippen molar-refractivity contribution < 1.29 is 9.90 Å². The first kappa shape index (κ1) is 11.4. The second kappa shape index (κ2) is 4.20. The third-order valence-electron chi connectivity index (χ3n) is 3.05. The van der Waals surface area contributed by atoms with Crippen LogP contribution in [0.5, 0.6) is 0 Å². The minimum absolute atomic E-state index is 0.278. The van der Waals surface area contributed by atoms with Gasteiger partial charge in [-0.25, -0.2) is 9.48 Å². The number of carbonyl (C=O) groups is 1. The average Bonchev–Trinajstić information content (AvgIpc) is 2.80. The lowest BCUT2D eigenvalue weighted by Crippen LogP contribution is -1.95. The topological polar surface area (TPSA) is 68.0 Å². The van der Waals surface area contributed by atoms with E-state index in [1.165, 1.54) is 0 Å². The number of aromatic nitrogens is 3. The van der Waals surface area contributed by atoms with Crippen LogP contribution in [0.25, 0.3) is 22.2 Å².